The molecule has 0 radical (unpaired) electrons. The second-order valence-electron chi connectivity index (χ2n) is 4.63. The molecule has 2 N–H and O–H groups in total. The number of carbonyl (C=O) groups is 2. The molecule has 1 unspecified atom stereocenters. The van der Waals surface area contributed by atoms with Crippen molar-refractivity contribution in [1.82, 2.24) is 10.2 Å². The first kappa shape index (κ1) is 14.7. The monoisotopic (exact) mass is 338 g/mol. The number of hydrogen-bond acceptors (Lipinski definition) is 3. The summed E-state index contributed by atoms with van der Waals surface area (Å²) in [7, 11) is 0. The van der Waals surface area contributed by atoms with E-state index in [1.165, 1.54) is 0 Å². The van der Waals surface area contributed by atoms with Gasteiger partial charge >= 0.3 is 5.97 Å². The summed E-state index contributed by atoms with van der Waals surface area (Å²) in [6.07, 6.45) is 0. The second kappa shape index (κ2) is 6.19. The van der Waals surface area contributed by atoms with Crippen molar-refractivity contribution in [3.05, 3.63) is 46.5 Å². The standard InChI is InChI=1S/C14H15BrN2O3/c1-9(14(19)20)8-17-6-5-16-13(18)12(17)10-3-2-4-11(15)7-10/h2-4,7,12H,1,5-6,8H2,(H,16,18)(H,19,20). The molecule has 1 amide bonds. The summed E-state index contributed by atoms with van der Waals surface area (Å²) in [4.78, 5) is 24.9. The molecule has 1 heterocycles. The van der Waals surface area contributed by atoms with E-state index in [1.807, 2.05) is 29.2 Å². The summed E-state index contributed by atoms with van der Waals surface area (Å²) in [6, 6.07) is 6.97. The molecule has 1 aromatic rings. The Morgan fingerprint density at radius 1 is 1.55 bits per heavy atom. The number of hydrogen-bond donors (Lipinski definition) is 2. The maximum absolute atomic E-state index is 12.1. The van der Waals surface area contributed by atoms with Crippen LogP contribution in [0.15, 0.2) is 40.9 Å². The van der Waals surface area contributed by atoms with Gasteiger partial charge in [0.2, 0.25) is 5.91 Å². The van der Waals surface area contributed by atoms with E-state index in [0.29, 0.717) is 13.1 Å². The fourth-order valence-corrected chi connectivity index (χ4v) is 2.65. The van der Waals surface area contributed by atoms with Gasteiger partial charge in [0.05, 0.1) is 0 Å². The summed E-state index contributed by atoms with van der Waals surface area (Å²) < 4.78 is 0.880. The molecule has 1 atom stereocenters. The quantitative estimate of drug-likeness (QED) is 0.817. The van der Waals surface area contributed by atoms with Crippen molar-refractivity contribution >= 4 is 27.8 Å². The van der Waals surface area contributed by atoms with Crippen LogP contribution in [0.1, 0.15) is 11.6 Å². The zero-order valence-electron chi connectivity index (χ0n) is 10.8. The number of carbonyl (C=O) groups excluding carboxylic acids is 1. The molecule has 0 bridgehead atoms. The van der Waals surface area contributed by atoms with Crippen LogP contribution in [-0.4, -0.2) is 41.5 Å². The van der Waals surface area contributed by atoms with Gasteiger partial charge in [-0.2, -0.15) is 0 Å². The van der Waals surface area contributed by atoms with E-state index in [4.69, 9.17) is 5.11 Å². The Bertz CT molecular complexity index is 559. The highest BCUT2D eigenvalue weighted by molar-refractivity contribution is 9.10. The first-order valence-corrected chi connectivity index (χ1v) is 6.96. The number of carboxylic acid groups (broad SMARTS) is 1. The van der Waals surface area contributed by atoms with Gasteiger partial charge in [-0.15, -0.1) is 0 Å². The zero-order valence-corrected chi connectivity index (χ0v) is 12.4. The minimum Gasteiger partial charge on any atom is -0.478 e. The van der Waals surface area contributed by atoms with Crippen molar-refractivity contribution < 1.29 is 14.7 Å². The van der Waals surface area contributed by atoms with Crippen LogP contribution in [0.5, 0.6) is 0 Å². The average Bonchev–Trinajstić information content (AvgIpc) is 2.38. The van der Waals surface area contributed by atoms with Crippen LogP contribution in [0, 0.1) is 0 Å². The average molecular weight is 339 g/mol. The van der Waals surface area contributed by atoms with Crippen LogP contribution in [-0.2, 0) is 9.59 Å². The van der Waals surface area contributed by atoms with Crippen molar-refractivity contribution in [3.8, 4) is 0 Å². The van der Waals surface area contributed by atoms with Crippen molar-refractivity contribution in [2.45, 2.75) is 6.04 Å². The Kier molecular flexibility index (Phi) is 4.57. The Hall–Kier alpha value is -1.66. The third kappa shape index (κ3) is 3.26. The normalized spacial score (nSPS) is 19.4. The summed E-state index contributed by atoms with van der Waals surface area (Å²) in [5.41, 5.74) is 0.912. The van der Waals surface area contributed by atoms with Crippen LogP contribution < -0.4 is 5.32 Å². The van der Waals surface area contributed by atoms with Crippen LogP contribution in [0.2, 0.25) is 0 Å². The van der Waals surface area contributed by atoms with E-state index in [2.05, 4.69) is 27.8 Å². The molecule has 1 aliphatic rings. The molecule has 5 nitrogen and oxygen atoms in total. The number of piperazine rings is 1. The molecule has 0 aliphatic carbocycles. The molecule has 1 aromatic carbocycles. The minimum absolute atomic E-state index is 0.0831. The molecule has 0 spiro atoms. The van der Waals surface area contributed by atoms with Crippen LogP contribution in [0.25, 0.3) is 0 Å². The SMILES string of the molecule is C=C(CN1CCNC(=O)C1c1cccc(Br)c1)C(=O)O. The summed E-state index contributed by atoms with van der Waals surface area (Å²) in [5, 5.41) is 11.8. The van der Waals surface area contributed by atoms with Gasteiger partial charge in [-0.25, -0.2) is 4.79 Å². The first-order chi connectivity index (χ1) is 9.49. The fourth-order valence-electron chi connectivity index (χ4n) is 2.24. The summed E-state index contributed by atoms with van der Waals surface area (Å²) in [5.74, 6) is -1.16. The number of carboxylic acids is 1. The minimum atomic E-state index is -1.04. The number of halogens is 1. The fraction of sp³-hybridized carbons (Fsp3) is 0.286. The Labute approximate surface area is 125 Å². The van der Waals surface area contributed by atoms with E-state index in [9.17, 15) is 9.59 Å². The van der Waals surface area contributed by atoms with Gasteiger partial charge in [0, 0.05) is 29.7 Å². The van der Waals surface area contributed by atoms with Crippen molar-refractivity contribution in [1.29, 1.82) is 0 Å². The third-order valence-electron chi connectivity index (χ3n) is 3.17. The van der Waals surface area contributed by atoms with Crippen molar-refractivity contribution in [2.75, 3.05) is 19.6 Å². The molecule has 2 rings (SSSR count). The largest absolute Gasteiger partial charge is 0.478 e. The van der Waals surface area contributed by atoms with Gasteiger partial charge in [-0.1, -0.05) is 34.6 Å². The number of benzene rings is 1. The molecule has 106 valence electrons. The molecule has 6 heteroatoms. The predicted molar refractivity (Wildman–Crippen MR) is 78.2 cm³/mol. The molecule has 1 saturated heterocycles. The highest BCUT2D eigenvalue weighted by Gasteiger charge is 2.31. The molecular weight excluding hydrogens is 324 g/mol. The van der Waals surface area contributed by atoms with E-state index < -0.39 is 12.0 Å². The van der Waals surface area contributed by atoms with Crippen LogP contribution in [0.3, 0.4) is 0 Å². The predicted octanol–water partition coefficient (Wildman–Crippen LogP) is 1.56. The van der Waals surface area contributed by atoms with Crippen LogP contribution in [0.4, 0.5) is 0 Å². The lowest BCUT2D eigenvalue weighted by Gasteiger charge is -2.35. The molecular formula is C14H15BrN2O3. The number of nitrogens with zero attached hydrogens (tertiary/aromatic N) is 1. The lowest BCUT2D eigenvalue weighted by molar-refractivity contribution is -0.134. The maximum Gasteiger partial charge on any atom is 0.332 e. The molecule has 0 saturated carbocycles. The molecule has 1 fully saturated rings. The number of aliphatic carboxylic acids is 1. The van der Waals surface area contributed by atoms with Crippen LogP contribution >= 0.6 is 15.9 Å². The van der Waals surface area contributed by atoms with E-state index in [0.717, 1.165) is 10.0 Å². The zero-order chi connectivity index (χ0) is 14.7. The number of amides is 1. The number of nitrogens with one attached hydrogen (secondary N) is 1. The van der Waals surface area contributed by atoms with Crippen molar-refractivity contribution in [2.24, 2.45) is 0 Å². The highest BCUT2D eigenvalue weighted by atomic mass is 79.9. The highest BCUT2D eigenvalue weighted by Crippen LogP contribution is 2.26. The van der Waals surface area contributed by atoms with Gasteiger partial charge in [0.25, 0.3) is 0 Å². The third-order valence-corrected chi connectivity index (χ3v) is 3.67. The lowest BCUT2D eigenvalue weighted by Crippen LogP contribution is -2.50. The number of rotatable bonds is 4. The lowest BCUT2D eigenvalue weighted by atomic mass is 10.0. The van der Waals surface area contributed by atoms with E-state index in [1.54, 1.807) is 0 Å². The molecule has 1 aliphatic heterocycles. The van der Waals surface area contributed by atoms with Gasteiger partial charge in [-0.05, 0) is 17.7 Å². The van der Waals surface area contributed by atoms with Gasteiger partial charge < -0.3 is 10.4 Å². The van der Waals surface area contributed by atoms with E-state index >= 15 is 0 Å². The van der Waals surface area contributed by atoms with Crippen molar-refractivity contribution in [3.63, 3.8) is 0 Å². The topological polar surface area (TPSA) is 69.6 Å². The van der Waals surface area contributed by atoms with Gasteiger partial charge in [0.15, 0.2) is 0 Å². The molecule has 0 aromatic heterocycles. The summed E-state index contributed by atoms with van der Waals surface area (Å²) in [6.45, 7) is 4.81. The van der Waals surface area contributed by atoms with Gasteiger partial charge in [0.1, 0.15) is 6.04 Å². The van der Waals surface area contributed by atoms with Gasteiger partial charge in [-0.3, -0.25) is 9.69 Å². The molecule has 20 heavy (non-hydrogen) atoms. The second-order valence-corrected chi connectivity index (χ2v) is 5.54. The Morgan fingerprint density at radius 3 is 2.95 bits per heavy atom. The van der Waals surface area contributed by atoms with E-state index in [-0.39, 0.29) is 18.0 Å². The smallest absolute Gasteiger partial charge is 0.332 e. The maximum atomic E-state index is 12.1. The summed E-state index contributed by atoms with van der Waals surface area (Å²) >= 11 is 3.38. The Morgan fingerprint density at radius 2 is 2.30 bits per heavy atom. The first-order valence-electron chi connectivity index (χ1n) is 6.17. The Balaban J connectivity index is 2.27.